The van der Waals surface area contributed by atoms with Crippen molar-refractivity contribution in [2.24, 2.45) is 7.05 Å². The number of hydrogen-bond donors (Lipinski definition) is 1. The fraction of sp³-hybridized carbons (Fsp3) is 0.615. The zero-order valence-corrected chi connectivity index (χ0v) is 10.5. The van der Waals surface area contributed by atoms with Gasteiger partial charge >= 0.3 is 0 Å². The molecule has 2 rings (SSSR count). The van der Waals surface area contributed by atoms with E-state index in [9.17, 15) is 0 Å². The maximum atomic E-state index is 8.89. The molecule has 0 bridgehead atoms. The summed E-state index contributed by atoms with van der Waals surface area (Å²) in [6, 6.07) is 4.12. The molecule has 1 fully saturated rings. The second-order valence-corrected chi connectivity index (χ2v) is 4.98. The number of nitrogens with zero attached hydrogens (tertiary/aromatic N) is 2. The van der Waals surface area contributed by atoms with E-state index < -0.39 is 0 Å². The highest BCUT2D eigenvalue weighted by Crippen LogP contribution is 2.20. The highest BCUT2D eigenvalue weighted by Gasteiger charge is 2.26. The van der Waals surface area contributed by atoms with Gasteiger partial charge in [0, 0.05) is 38.5 Å². The number of rotatable bonds is 3. The van der Waals surface area contributed by atoms with Crippen molar-refractivity contribution in [3.05, 3.63) is 23.5 Å². The van der Waals surface area contributed by atoms with Crippen LogP contribution >= 0.6 is 0 Å². The number of aromatic nitrogens is 1. The van der Waals surface area contributed by atoms with Crippen LogP contribution in [0.5, 0.6) is 0 Å². The lowest BCUT2D eigenvalue weighted by Gasteiger charge is -2.34. The van der Waals surface area contributed by atoms with Crippen LogP contribution in [-0.2, 0) is 18.3 Å². The molecule has 0 radical (unpaired) electrons. The summed E-state index contributed by atoms with van der Waals surface area (Å²) in [6.45, 7) is 4.72. The van der Waals surface area contributed by atoms with E-state index in [1.54, 1.807) is 0 Å². The molecule has 0 aromatic carbocycles. The molecular weight excluding hydrogens is 214 g/mol. The van der Waals surface area contributed by atoms with E-state index in [0.29, 0.717) is 5.69 Å². The highest BCUT2D eigenvalue weighted by molar-refractivity contribution is 5.28. The maximum absolute atomic E-state index is 8.89. The Morgan fingerprint density at radius 1 is 1.53 bits per heavy atom. The van der Waals surface area contributed by atoms with Gasteiger partial charge in [-0.05, 0) is 31.4 Å². The summed E-state index contributed by atoms with van der Waals surface area (Å²) in [5.74, 6) is 0. The van der Waals surface area contributed by atoms with Crippen molar-refractivity contribution >= 4 is 0 Å². The minimum Gasteiger partial charge on any atom is -0.381 e. The molecule has 1 aromatic rings. The lowest BCUT2D eigenvalue weighted by atomic mass is 9.92. The lowest BCUT2D eigenvalue weighted by molar-refractivity contribution is 0.0446. The Bertz CT molecular complexity index is 424. The predicted octanol–water partition coefficient (Wildman–Crippen LogP) is 1.56. The summed E-state index contributed by atoms with van der Waals surface area (Å²) in [6.07, 6.45) is 4.10. The fourth-order valence-electron chi connectivity index (χ4n) is 2.15. The van der Waals surface area contributed by atoms with E-state index in [2.05, 4.69) is 18.3 Å². The molecule has 4 heteroatoms. The molecule has 0 atom stereocenters. The molecule has 92 valence electrons. The van der Waals surface area contributed by atoms with Gasteiger partial charge in [-0.15, -0.1) is 0 Å². The van der Waals surface area contributed by atoms with E-state index in [1.807, 2.05) is 23.9 Å². The van der Waals surface area contributed by atoms with Crippen molar-refractivity contribution in [1.82, 2.24) is 9.88 Å². The quantitative estimate of drug-likeness (QED) is 0.862. The van der Waals surface area contributed by atoms with Gasteiger partial charge in [-0.1, -0.05) is 0 Å². The third-order valence-electron chi connectivity index (χ3n) is 3.49. The van der Waals surface area contributed by atoms with Gasteiger partial charge in [0.25, 0.3) is 0 Å². The Balaban J connectivity index is 1.95. The predicted molar refractivity (Wildman–Crippen MR) is 65.4 cm³/mol. The molecule has 0 spiro atoms. The van der Waals surface area contributed by atoms with E-state index in [-0.39, 0.29) is 5.54 Å². The normalized spacial score (nSPS) is 18.9. The van der Waals surface area contributed by atoms with Gasteiger partial charge in [0.05, 0.1) is 0 Å². The SMILES string of the molecule is Cn1cc(CNC2(C)CCOCC2)cc1C#N. The molecule has 0 aliphatic carbocycles. The van der Waals surface area contributed by atoms with E-state index in [1.165, 1.54) is 0 Å². The summed E-state index contributed by atoms with van der Waals surface area (Å²) >= 11 is 0. The average Bonchev–Trinajstić information content (AvgIpc) is 2.68. The summed E-state index contributed by atoms with van der Waals surface area (Å²) in [7, 11) is 1.90. The number of nitriles is 1. The van der Waals surface area contributed by atoms with Crippen molar-refractivity contribution in [1.29, 1.82) is 5.26 Å². The first-order valence-corrected chi connectivity index (χ1v) is 6.01. The molecule has 0 saturated carbocycles. The van der Waals surface area contributed by atoms with Gasteiger partial charge in [0.2, 0.25) is 0 Å². The van der Waals surface area contributed by atoms with Gasteiger partial charge < -0.3 is 14.6 Å². The van der Waals surface area contributed by atoms with Crippen LogP contribution in [0.25, 0.3) is 0 Å². The summed E-state index contributed by atoms with van der Waals surface area (Å²) in [5, 5.41) is 12.5. The minimum absolute atomic E-state index is 0.168. The van der Waals surface area contributed by atoms with Crippen molar-refractivity contribution < 1.29 is 4.74 Å². The van der Waals surface area contributed by atoms with E-state index >= 15 is 0 Å². The van der Waals surface area contributed by atoms with Crippen LogP contribution < -0.4 is 5.32 Å². The first-order valence-electron chi connectivity index (χ1n) is 6.01. The summed E-state index contributed by atoms with van der Waals surface area (Å²) in [4.78, 5) is 0. The first-order chi connectivity index (χ1) is 8.13. The Hall–Kier alpha value is -1.31. The monoisotopic (exact) mass is 233 g/mol. The Labute approximate surface area is 102 Å². The van der Waals surface area contributed by atoms with Gasteiger partial charge in [0.1, 0.15) is 11.8 Å². The van der Waals surface area contributed by atoms with Crippen molar-refractivity contribution in [2.45, 2.75) is 31.8 Å². The molecule has 0 amide bonds. The Kier molecular flexibility index (Phi) is 3.51. The first kappa shape index (κ1) is 12.2. The second-order valence-electron chi connectivity index (χ2n) is 4.98. The Morgan fingerprint density at radius 2 is 2.24 bits per heavy atom. The largest absolute Gasteiger partial charge is 0.381 e. The standard InChI is InChI=1S/C13H19N3O/c1-13(3-5-17-6-4-13)15-9-11-7-12(8-14)16(2)10-11/h7,10,15H,3-6,9H2,1-2H3. The van der Waals surface area contributed by atoms with Gasteiger partial charge in [-0.3, -0.25) is 0 Å². The molecule has 2 heterocycles. The zero-order valence-electron chi connectivity index (χ0n) is 10.5. The summed E-state index contributed by atoms with van der Waals surface area (Å²) in [5.41, 5.74) is 2.04. The van der Waals surface area contributed by atoms with Crippen molar-refractivity contribution in [3.8, 4) is 6.07 Å². The zero-order chi connectivity index (χ0) is 12.3. The third kappa shape index (κ3) is 2.87. The van der Waals surface area contributed by atoms with Crippen LogP contribution in [0.15, 0.2) is 12.3 Å². The number of hydrogen-bond acceptors (Lipinski definition) is 3. The van der Waals surface area contributed by atoms with Crippen LogP contribution in [0.4, 0.5) is 0 Å². The maximum Gasteiger partial charge on any atom is 0.120 e. The molecule has 1 aromatic heterocycles. The molecule has 4 nitrogen and oxygen atoms in total. The topological polar surface area (TPSA) is 50.0 Å². The minimum atomic E-state index is 0.168. The van der Waals surface area contributed by atoms with Crippen LogP contribution in [-0.4, -0.2) is 23.3 Å². The molecular formula is C13H19N3O. The van der Waals surface area contributed by atoms with Crippen LogP contribution in [0.3, 0.4) is 0 Å². The van der Waals surface area contributed by atoms with Crippen LogP contribution in [0.1, 0.15) is 31.0 Å². The molecule has 17 heavy (non-hydrogen) atoms. The second kappa shape index (κ2) is 4.91. The molecule has 0 unspecified atom stereocenters. The third-order valence-corrected chi connectivity index (χ3v) is 3.49. The van der Waals surface area contributed by atoms with E-state index in [0.717, 1.165) is 38.2 Å². The number of ether oxygens (including phenoxy) is 1. The van der Waals surface area contributed by atoms with Gasteiger partial charge in [-0.25, -0.2) is 0 Å². The van der Waals surface area contributed by atoms with Crippen molar-refractivity contribution in [2.75, 3.05) is 13.2 Å². The van der Waals surface area contributed by atoms with E-state index in [4.69, 9.17) is 10.00 Å². The summed E-state index contributed by atoms with van der Waals surface area (Å²) < 4.78 is 7.23. The van der Waals surface area contributed by atoms with Crippen LogP contribution in [0.2, 0.25) is 0 Å². The molecule has 1 aliphatic heterocycles. The molecule has 1 N–H and O–H groups in total. The molecule has 1 saturated heterocycles. The lowest BCUT2D eigenvalue weighted by Crippen LogP contribution is -2.46. The number of nitrogens with one attached hydrogen (secondary N) is 1. The average molecular weight is 233 g/mol. The number of aryl methyl sites for hydroxylation is 1. The van der Waals surface area contributed by atoms with Crippen molar-refractivity contribution in [3.63, 3.8) is 0 Å². The van der Waals surface area contributed by atoms with Crippen LogP contribution in [0, 0.1) is 11.3 Å². The Morgan fingerprint density at radius 3 is 2.82 bits per heavy atom. The smallest absolute Gasteiger partial charge is 0.120 e. The van der Waals surface area contributed by atoms with Gasteiger partial charge in [-0.2, -0.15) is 5.26 Å². The highest BCUT2D eigenvalue weighted by atomic mass is 16.5. The molecule has 1 aliphatic rings. The van der Waals surface area contributed by atoms with Gasteiger partial charge in [0.15, 0.2) is 0 Å². The fourth-order valence-corrected chi connectivity index (χ4v) is 2.15.